The second-order valence-electron chi connectivity index (χ2n) is 3.56. The topological polar surface area (TPSA) is 58.9 Å². The van der Waals surface area contributed by atoms with E-state index in [-0.39, 0.29) is 0 Å². The maximum Gasteiger partial charge on any atom is 0.152 e. The Morgan fingerprint density at radius 1 is 1.36 bits per heavy atom. The van der Waals surface area contributed by atoms with Crippen LogP contribution in [0.5, 0.6) is 0 Å². The van der Waals surface area contributed by atoms with Gasteiger partial charge in [-0.3, -0.25) is 0 Å². The number of aryl methyl sites for hydroxylation is 1. The van der Waals surface area contributed by atoms with E-state index in [2.05, 4.69) is 25.7 Å². The lowest BCUT2D eigenvalue weighted by Crippen LogP contribution is -2.44. The van der Waals surface area contributed by atoms with E-state index >= 15 is 0 Å². The van der Waals surface area contributed by atoms with Gasteiger partial charge in [0.25, 0.3) is 0 Å². The molecule has 14 heavy (non-hydrogen) atoms. The van der Waals surface area contributed by atoms with Crippen LogP contribution in [0, 0.1) is 0 Å². The van der Waals surface area contributed by atoms with Crippen LogP contribution in [0.2, 0.25) is 0 Å². The fraction of sp³-hybridized carbons (Fsp3) is 0.875. The summed E-state index contributed by atoms with van der Waals surface area (Å²) in [6.45, 7) is 5.50. The first-order valence-electron chi connectivity index (χ1n) is 5.00. The van der Waals surface area contributed by atoms with Crippen molar-refractivity contribution in [3.63, 3.8) is 0 Å². The molecule has 1 fully saturated rings. The van der Waals surface area contributed by atoms with Gasteiger partial charge in [-0.25, -0.2) is 4.68 Å². The van der Waals surface area contributed by atoms with Crippen LogP contribution < -0.4 is 5.32 Å². The highest BCUT2D eigenvalue weighted by molar-refractivity contribution is 4.81. The van der Waals surface area contributed by atoms with Crippen LogP contribution in [0.4, 0.5) is 0 Å². The summed E-state index contributed by atoms with van der Waals surface area (Å²) in [5, 5.41) is 14.7. The maximum absolute atomic E-state index is 3.96. The molecule has 0 aromatic carbocycles. The first-order valence-corrected chi connectivity index (χ1v) is 5.00. The van der Waals surface area contributed by atoms with Gasteiger partial charge in [0.2, 0.25) is 0 Å². The minimum atomic E-state index is 0.934. The normalized spacial score (nSPS) is 18.6. The van der Waals surface area contributed by atoms with Crippen molar-refractivity contribution in [1.29, 1.82) is 0 Å². The van der Waals surface area contributed by atoms with Crippen LogP contribution in [0.3, 0.4) is 0 Å². The Kier molecular flexibility index (Phi) is 3.05. The average Bonchev–Trinajstić information content (AvgIpc) is 2.63. The smallest absolute Gasteiger partial charge is 0.152 e. The molecule has 2 heterocycles. The molecular formula is C8H16N6. The van der Waals surface area contributed by atoms with Gasteiger partial charge < -0.3 is 10.2 Å². The van der Waals surface area contributed by atoms with Gasteiger partial charge in [-0.1, -0.05) is 0 Å². The van der Waals surface area contributed by atoms with Crippen LogP contribution in [0.25, 0.3) is 0 Å². The van der Waals surface area contributed by atoms with Crippen LogP contribution in [-0.2, 0) is 13.5 Å². The summed E-state index contributed by atoms with van der Waals surface area (Å²) < 4.78 is 1.74. The third-order valence-electron chi connectivity index (χ3n) is 2.57. The van der Waals surface area contributed by atoms with Gasteiger partial charge >= 0.3 is 0 Å². The second-order valence-corrected chi connectivity index (χ2v) is 3.56. The molecule has 1 aliphatic heterocycles. The van der Waals surface area contributed by atoms with Gasteiger partial charge in [0.15, 0.2) is 5.82 Å². The number of tetrazole rings is 1. The van der Waals surface area contributed by atoms with Crippen molar-refractivity contribution >= 4 is 0 Å². The molecule has 6 nitrogen and oxygen atoms in total. The first-order chi connectivity index (χ1) is 6.86. The zero-order chi connectivity index (χ0) is 9.80. The highest BCUT2D eigenvalue weighted by Gasteiger charge is 2.10. The minimum absolute atomic E-state index is 0.934. The zero-order valence-corrected chi connectivity index (χ0v) is 8.48. The van der Waals surface area contributed by atoms with Crippen LogP contribution in [0.15, 0.2) is 0 Å². The van der Waals surface area contributed by atoms with E-state index in [1.165, 1.54) is 0 Å². The number of piperazine rings is 1. The molecule has 0 unspecified atom stereocenters. The summed E-state index contributed by atoms with van der Waals surface area (Å²) in [5.41, 5.74) is 0. The monoisotopic (exact) mass is 196 g/mol. The van der Waals surface area contributed by atoms with Gasteiger partial charge in [-0.15, -0.1) is 5.10 Å². The Labute approximate surface area is 83.3 Å². The summed E-state index contributed by atoms with van der Waals surface area (Å²) in [6, 6.07) is 0. The van der Waals surface area contributed by atoms with Gasteiger partial charge in [0.1, 0.15) is 0 Å². The molecule has 1 aromatic heterocycles. The Hall–Kier alpha value is -1.01. The van der Waals surface area contributed by atoms with E-state index in [4.69, 9.17) is 0 Å². The lowest BCUT2D eigenvalue weighted by atomic mass is 10.3. The molecule has 0 radical (unpaired) electrons. The summed E-state index contributed by atoms with van der Waals surface area (Å²) in [4.78, 5) is 2.44. The summed E-state index contributed by atoms with van der Waals surface area (Å²) in [6.07, 6.45) is 0.934. The third-order valence-corrected chi connectivity index (χ3v) is 2.57. The van der Waals surface area contributed by atoms with Crippen molar-refractivity contribution in [1.82, 2.24) is 30.4 Å². The maximum atomic E-state index is 3.96. The summed E-state index contributed by atoms with van der Waals surface area (Å²) in [7, 11) is 1.88. The zero-order valence-electron chi connectivity index (χ0n) is 8.48. The minimum Gasteiger partial charge on any atom is -0.314 e. The Bertz CT molecular complexity index is 277. The lowest BCUT2D eigenvalue weighted by Gasteiger charge is -2.26. The Balaban J connectivity index is 1.79. The van der Waals surface area contributed by atoms with Gasteiger partial charge in [0, 0.05) is 46.2 Å². The van der Waals surface area contributed by atoms with Gasteiger partial charge in [-0.05, 0) is 10.4 Å². The molecule has 0 saturated carbocycles. The van der Waals surface area contributed by atoms with Crippen LogP contribution >= 0.6 is 0 Å². The molecule has 0 bridgehead atoms. The van der Waals surface area contributed by atoms with E-state index in [1.54, 1.807) is 4.68 Å². The molecule has 1 aliphatic rings. The number of aromatic nitrogens is 4. The molecule has 2 rings (SSSR count). The molecule has 6 heteroatoms. The highest BCUT2D eigenvalue weighted by Crippen LogP contribution is 1.96. The van der Waals surface area contributed by atoms with Crippen LogP contribution in [-0.4, -0.2) is 57.8 Å². The van der Waals surface area contributed by atoms with Gasteiger partial charge in [-0.2, -0.15) is 0 Å². The largest absolute Gasteiger partial charge is 0.314 e. The van der Waals surface area contributed by atoms with Crippen molar-refractivity contribution in [3.8, 4) is 0 Å². The molecule has 0 spiro atoms. The number of nitrogens with zero attached hydrogens (tertiary/aromatic N) is 5. The second kappa shape index (κ2) is 4.47. The number of nitrogens with one attached hydrogen (secondary N) is 1. The van der Waals surface area contributed by atoms with E-state index < -0.39 is 0 Å². The van der Waals surface area contributed by atoms with Crippen molar-refractivity contribution in [2.75, 3.05) is 32.7 Å². The average molecular weight is 196 g/mol. The molecule has 1 aromatic rings. The number of hydrogen-bond donors (Lipinski definition) is 1. The van der Waals surface area contributed by atoms with E-state index in [0.29, 0.717) is 0 Å². The van der Waals surface area contributed by atoms with Crippen molar-refractivity contribution < 1.29 is 0 Å². The lowest BCUT2D eigenvalue weighted by molar-refractivity contribution is 0.241. The van der Waals surface area contributed by atoms with E-state index in [9.17, 15) is 0 Å². The summed E-state index contributed by atoms with van der Waals surface area (Å²) >= 11 is 0. The predicted molar refractivity (Wildman–Crippen MR) is 51.8 cm³/mol. The standard InChI is InChI=1S/C8H16N6/c1-13-8(10-11-12-13)2-5-14-6-3-9-4-7-14/h9H,2-7H2,1H3. The molecule has 1 saturated heterocycles. The fourth-order valence-electron chi connectivity index (χ4n) is 1.65. The van der Waals surface area contributed by atoms with E-state index in [0.717, 1.165) is 45.0 Å². The summed E-state index contributed by atoms with van der Waals surface area (Å²) in [5.74, 6) is 0.962. The quantitative estimate of drug-likeness (QED) is 0.648. The van der Waals surface area contributed by atoms with Gasteiger partial charge in [0.05, 0.1) is 0 Å². The van der Waals surface area contributed by atoms with Crippen molar-refractivity contribution in [2.24, 2.45) is 7.05 Å². The predicted octanol–water partition coefficient (Wildman–Crippen LogP) is -1.34. The first kappa shape index (κ1) is 9.54. The molecule has 1 N–H and O–H groups in total. The van der Waals surface area contributed by atoms with Crippen molar-refractivity contribution in [2.45, 2.75) is 6.42 Å². The molecule has 78 valence electrons. The van der Waals surface area contributed by atoms with E-state index in [1.807, 2.05) is 7.05 Å². The highest BCUT2D eigenvalue weighted by atomic mass is 15.5. The fourth-order valence-corrected chi connectivity index (χ4v) is 1.65. The SMILES string of the molecule is Cn1nnnc1CCN1CCNCC1. The Morgan fingerprint density at radius 3 is 2.79 bits per heavy atom. The molecular weight excluding hydrogens is 180 g/mol. The Morgan fingerprint density at radius 2 is 2.14 bits per heavy atom. The molecule has 0 atom stereocenters. The van der Waals surface area contributed by atoms with Crippen LogP contribution in [0.1, 0.15) is 5.82 Å². The number of hydrogen-bond acceptors (Lipinski definition) is 5. The molecule has 0 aliphatic carbocycles. The number of rotatable bonds is 3. The molecule has 0 amide bonds. The van der Waals surface area contributed by atoms with Crippen molar-refractivity contribution in [3.05, 3.63) is 5.82 Å². The third kappa shape index (κ3) is 2.27.